The van der Waals surface area contributed by atoms with E-state index in [0.717, 1.165) is 0 Å². The number of carboxylic acid groups (broad SMARTS) is 1. The van der Waals surface area contributed by atoms with Gasteiger partial charge < -0.3 is 19.6 Å². The topological polar surface area (TPSA) is 87.2 Å². The summed E-state index contributed by atoms with van der Waals surface area (Å²) < 4.78 is 4.84. The quantitative estimate of drug-likeness (QED) is 0.734. The van der Waals surface area contributed by atoms with E-state index in [4.69, 9.17) is 9.84 Å². The van der Waals surface area contributed by atoms with Crippen LogP contribution in [0.15, 0.2) is 0 Å². The number of likely N-dealkylation sites (tertiary alicyclic amines) is 1. The van der Waals surface area contributed by atoms with Crippen LogP contribution in [-0.2, 0) is 14.3 Å². The van der Waals surface area contributed by atoms with Crippen molar-refractivity contribution in [2.24, 2.45) is 0 Å². The van der Waals surface area contributed by atoms with Crippen LogP contribution >= 0.6 is 0 Å². The van der Waals surface area contributed by atoms with Crippen molar-refractivity contribution < 1.29 is 24.2 Å². The van der Waals surface area contributed by atoms with Crippen LogP contribution in [0.4, 0.5) is 4.79 Å². The van der Waals surface area contributed by atoms with Gasteiger partial charge in [-0.1, -0.05) is 6.92 Å². The van der Waals surface area contributed by atoms with Gasteiger partial charge in [-0.05, 0) is 26.2 Å². The number of nitrogens with zero attached hydrogens (tertiary/aromatic N) is 2. The van der Waals surface area contributed by atoms with Gasteiger partial charge in [-0.25, -0.2) is 9.59 Å². The van der Waals surface area contributed by atoms with E-state index in [0.29, 0.717) is 32.4 Å². The highest BCUT2D eigenvalue weighted by molar-refractivity contribution is 5.85. The molecule has 7 nitrogen and oxygen atoms in total. The number of carboxylic acids is 1. The van der Waals surface area contributed by atoms with Crippen LogP contribution in [0, 0.1) is 0 Å². The minimum Gasteiger partial charge on any atom is -0.480 e. The summed E-state index contributed by atoms with van der Waals surface area (Å²) in [5, 5.41) is 9.11. The molecule has 1 aliphatic heterocycles. The number of hydrogen-bond acceptors (Lipinski definition) is 4. The van der Waals surface area contributed by atoms with E-state index in [1.54, 1.807) is 6.92 Å². The maximum Gasteiger partial charge on any atom is 0.326 e. The number of hydrogen-bond donors (Lipinski definition) is 1. The molecule has 0 radical (unpaired) electrons. The molecule has 114 valence electrons. The smallest absolute Gasteiger partial charge is 0.326 e. The Morgan fingerprint density at radius 3 is 2.60 bits per heavy atom. The molecule has 2 amide bonds. The Morgan fingerprint density at radius 2 is 2.05 bits per heavy atom. The van der Waals surface area contributed by atoms with Crippen molar-refractivity contribution in [3.8, 4) is 0 Å². The number of amides is 2. The summed E-state index contributed by atoms with van der Waals surface area (Å²) in [6.45, 7) is 4.53. The lowest BCUT2D eigenvalue weighted by Crippen LogP contribution is -2.49. The zero-order valence-electron chi connectivity index (χ0n) is 12.0. The van der Waals surface area contributed by atoms with Crippen molar-refractivity contribution in [2.45, 2.75) is 39.2 Å². The maximum absolute atomic E-state index is 12.4. The first-order valence-electron chi connectivity index (χ1n) is 6.95. The van der Waals surface area contributed by atoms with Gasteiger partial charge in [-0.2, -0.15) is 0 Å². The van der Waals surface area contributed by atoms with Crippen molar-refractivity contribution in [1.29, 1.82) is 0 Å². The molecular formula is C13H22N2O5. The second-order valence-electron chi connectivity index (χ2n) is 4.70. The first kappa shape index (κ1) is 16.3. The number of esters is 1. The van der Waals surface area contributed by atoms with E-state index in [-0.39, 0.29) is 13.2 Å². The van der Waals surface area contributed by atoms with E-state index in [2.05, 4.69) is 0 Å². The Labute approximate surface area is 118 Å². The van der Waals surface area contributed by atoms with Crippen LogP contribution in [0.25, 0.3) is 0 Å². The van der Waals surface area contributed by atoms with E-state index in [9.17, 15) is 14.4 Å². The Kier molecular flexibility index (Phi) is 6.27. The number of ether oxygens (including phenoxy) is 1. The first-order chi connectivity index (χ1) is 9.51. The van der Waals surface area contributed by atoms with E-state index < -0.39 is 24.0 Å². The van der Waals surface area contributed by atoms with Crippen LogP contribution in [0.5, 0.6) is 0 Å². The van der Waals surface area contributed by atoms with E-state index in [1.165, 1.54) is 9.80 Å². The van der Waals surface area contributed by atoms with Crippen LogP contribution in [0.3, 0.4) is 0 Å². The molecule has 1 rings (SSSR count). The second kappa shape index (κ2) is 7.72. The fourth-order valence-electron chi connectivity index (χ4n) is 2.31. The average molecular weight is 286 g/mol. The molecule has 1 saturated heterocycles. The summed E-state index contributed by atoms with van der Waals surface area (Å²) in [7, 11) is 0. The van der Waals surface area contributed by atoms with Gasteiger partial charge in [0.15, 0.2) is 0 Å². The van der Waals surface area contributed by atoms with Crippen LogP contribution < -0.4 is 0 Å². The van der Waals surface area contributed by atoms with Crippen LogP contribution in [0.1, 0.15) is 33.1 Å². The van der Waals surface area contributed by atoms with Gasteiger partial charge in [-0.3, -0.25) is 4.79 Å². The molecule has 1 aliphatic rings. The largest absolute Gasteiger partial charge is 0.480 e. The second-order valence-corrected chi connectivity index (χ2v) is 4.70. The SMILES string of the molecule is CCCN(CC(=O)OCC)C(=O)N1CCC[C@H]1C(=O)O. The summed E-state index contributed by atoms with van der Waals surface area (Å²) in [5.74, 6) is -1.47. The summed E-state index contributed by atoms with van der Waals surface area (Å²) in [5.41, 5.74) is 0. The Morgan fingerprint density at radius 1 is 1.35 bits per heavy atom. The molecule has 0 aromatic rings. The zero-order valence-corrected chi connectivity index (χ0v) is 12.0. The molecule has 0 unspecified atom stereocenters. The highest BCUT2D eigenvalue weighted by Gasteiger charge is 2.36. The van der Waals surface area contributed by atoms with Gasteiger partial charge in [0.1, 0.15) is 12.6 Å². The van der Waals surface area contributed by atoms with E-state index in [1.807, 2.05) is 6.92 Å². The zero-order chi connectivity index (χ0) is 15.1. The molecule has 0 aromatic heterocycles. The fraction of sp³-hybridized carbons (Fsp3) is 0.769. The van der Waals surface area contributed by atoms with Crippen molar-refractivity contribution in [3.05, 3.63) is 0 Å². The molecule has 1 fully saturated rings. The summed E-state index contributed by atoms with van der Waals surface area (Å²) in [6.07, 6.45) is 1.82. The molecule has 0 saturated carbocycles. The predicted octanol–water partition coefficient (Wildman–Crippen LogP) is 0.930. The molecule has 20 heavy (non-hydrogen) atoms. The summed E-state index contributed by atoms with van der Waals surface area (Å²) in [6, 6.07) is -1.19. The van der Waals surface area contributed by atoms with Gasteiger partial charge in [-0.15, -0.1) is 0 Å². The monoisotopic (exact) mass is 286 g/mol. The van der Waals surface area contributed by atoms with Gasteiger partial charge in [0, 0.05) is 13.1 Å². The van der Waals surface area contributed by atoms with Crippen molar-refractivity contribution in [1.82, 2.24) is 9.80 Å². The Hall–Kier alpha value is -1.79. The summed E-state index contributed by atoms with van der Waals surface area (Å²) >= 11 is 0. The third kappa shape index (κ3) is 4.11. The molecule has 1 N–H and O–H groups in total. The molecule has 0 bridgehead atoms. The maximum atomic E-state index is 12.4. The minimum absolute atomic E-state index is 0.136. The number of aliphatic carboxylic acids is 1. The molecule has 1 heterocycles. The van der Waals surface area contributed by atoms with Gasteiger partial charge >= 0.3 is 18.0 Å². The Bertz CT molecular complexity index is 372. The molecular weight excluding hydrogens is 264 g/mol. The first-order valence-corrected chi connectivity index (χ1v) is 6.95. The lowest BCUT2D eigenvalue weighted by atomic mass is 10.2. The van der Waals surface area contributed by atoms with Crippen LogP contribution in [0.2, 0.25) is 0 Å². The number of carbonyl (C=O) groups excluding carboxylic acids is 2. The van der Waals surface area contributed by atoms with E-state index >= 15 is 0 Å². The number of rotatable bonds is 6. The number of carbonyl (C=O) groups is 3. The standard InChI is InChI=1S/C13H22N2O5/c1-3-7-14(9-11(16)20-4-2)13(19)15-8-5-6-10(15)12(17)18/h10H,3-9H2,1-2H3,(H,17,18)/t10-/m0/s1. The molecule has 1 atom stereocenters. The summed E-state index contributed by atoms with van der Waals surface area (Å²) in [4.78, 5) is 37.7. The molecule has 0 aromatic carbocycles. The lowest BCUT2D eigenvalue weighted by molar-refractivity contribution is -0.143. The van der Waals surface area contributed by atoms with Gasteiger partial charge in [0.05, 0.1) is 6.61 Å². The Balaban J connectivity index is 2.72. The number of urea groups is 1. The third-order valence-corrected chi connectivity index (χ3v) is 3.17. The molecule has 0 aliphatic carbocycles. The van der Waals surface area contributed by atoms with Crippen molar-refractivity contribution in [2.75, 3.05) is 26.2 Å². The molecule has 0 spiro atoms. The van der Waals surface area contributed by atoms with Crippen molar-refractivity contribution in [3.63, 3.8) is 0 Å². The highest BCUT2D eigenvalue weighted by atomic mass is 16.5. The fourth-order valence-corrected chi connectivity index (χ4v) is 2.31. The normalized spacial score (nSPS) is 17.9. The van der Waals surface area contributed by atoms with Gasteiger partial charge in [0.25, 0.3) is 0 Å². The molecule has 7 heteroatoms. The van der Waals surface area contributed by atoms with Gasteiger partial charge in [0.2, 0.25) is 0 Å². The minimum atomic E-state index is -0.997. The lowest BCUT2D eigenvalue weighted by Gasteiger charge is -2.29. The highest BCUT2D eigenvalue weighted by Crippen LogP contribution is 2.19. The average Bonchev–Trinajstić information content (AvgIpc) is 2.87. The van der Waals surface area contributed by atoms with Crippen LogP contribution in [-0.4, -0.2) is 65.2 Å². The third-order valence-electron chi connectivity index (χ3n) is 3.17. The van der Waals surface area contributed by atoms with Crippen molar-refractivity contribution >= 4 is 18.0 Å². The predicted molar refractivity (Wildman–Crippen MR) is 71.3 cm³/mol.